The summed E-state index contributed by atoms with van der Waals surface area (Å²) in [4.78, 5) is 86.0. The van der Waals surface area contributed by atoms with Crippen LogP contribution in [0.5, 0.6) is 5.75 Å². The van der Waals surface area contributed by atoms with Crippen molar-refractivity contribution in [3.8, 4) is 5.75 Å². The number of aliphatic hydroxyl groups excluding tert-OH is 1. The van der Waals surface area contributed by atoms with E-state index in [1.807, 2.05) is 131 Å². The summed E-state index contributed by atoms with van der Waals surface area (Å²) < 4.78 is 88.6. The molecule has 3 N–H and O–H groups in total. The zero-order valence-electron chi connectivity index (χ0n) is 83.1. The van der Waals surface area contributed by atoms with Gasteiger partial charge in [0.1, 0.15) is 59.7 Å². The molecule has 19 aliphatic rings. The van der Waals surface area contributed by atoms with Gasteiger partial charge in [-0.05, 0) is 312 Å². The van der Waals surface area contributed by atoms with Crippen molar-refractivity contribution in [1.29, 1.82) is 0 Å². The van der Waals surface area contributed by atoms with Crippen molar-refractivity contribution in [2.45, 2.75) is 486 Å². The van der Waals surface area contributed by atoms with Crippen LogP contribution in [0, 0.1) is 79.3 Å². The van der Waals surface area contributed by atoms with E-state index < -0.39 is 81.5 Å². The quantitative estimate of drug-likeness (QED) is 0.0594. The van der Waals surface area contributed by atoms with Crippen molar-refractivity contribution >= 4 is 52.7 Å². The first-order valence-corrected chi connectivity index (χ1v) is 50.7. The Kier molecular flexibility index (Phi) is 33.3. The monoisotopic (exact) mass is 1880 g/mol. The van der Waals surface area contributed by atoms with Crippen molar-refractivity contribution in [1.82, 2.24) is 0 Å². The molecule has 12 saturated carbocycles. The zero-order chi connectivity index (χ0) is 95.0. The van der Waals surface area contributed by atoms with E-state index in [1.54, 1.807) is 12.1 Å². The minimum absolute atomic E-state index is 0. The third kappa shape index (κ3) is 23.2. The molecule has 25 heteroatoms. The van der Waals surface area contributed by atoms with Crippen LogP contribution in [0.2, 0.25) is 0 Å². The summed E-state index contributed by atoms with van der Waals surface area (Å²) in [5.41, 5.74) is -2.74. The first-order chi connectivity index (χ1) is 61.3. The molecule has 760 valence electrons. The lowest BCUT2D eigenvalue weighted by atomic mass is 9.48. The Balaban J connectivity index is 0.000000156. The predicted molar refractivity (Wildman–Crippen MR) is 509 cm³/mol. The number of phenols is 1. The van der Waals surface area contributed by atoms with Gasteiger partial charge in [0.15, 0.2) is 42.5 Å². The number of carbonyl (C=O) groups excluding carboxylic acids is 7. The Labute approximate surface area is 801 Å². The summed E-state index contributed by atoms with van der Waals surface area (Å²) in [6, 6.07) is 12.0. The topological polar surface area (TPSA) is 319 Å². The van der Waals surface area contributed by atoms with Crippen LogP contribution in [0.3, 0.4) is 0 Å². The number of fused-ring (bicyclic) bond motifs is 6. The summed E-state index contributed by atoms with van der Waals surface area (Å²) in [6.07, 6.45) is 26.6. The highest BCUT2D eigenvalue weighted by molar-refractivity contribution is 5.85. The largest absolute Gasteiger partial charge is 0.508 e. The number of carbonyl (C=O) groups is 7. The van der Waals surface area contributed by atoms with Gasteiger partial charge in [-0.3, -0.25) is 28.8 Å². The molecular formula is C109H174O25. The standard InChI is InChI=1S/C24H38O7.C22H36O5.C16H24O4.C16H26O3.C15H18O.C13H20O5.3CH4/c1-4-22(2,3)21(25)28-18-17(16-15-26-23(29-16)11-7-5-8-12-23)27-20-19(18)30-24(31-20)13-9-6-10-14-24;1-7-20(5,6)17(23)26-22-11-15-8-16(12-22)10-21(9-15,13-22)14-25-18(24)27-19(2,3)4;1-4-15(2,3)13(17)20-12-8-11-7-10(12)9-16(11)5-6-19-14(16)18;1-4-14(2,3)13(17)19-16-8-11-5-12(9-16)7-15(18,6-11)10-16;1-4-15(2,3)13-7-5-12-10-14(16)8-6-11(12)9-13;1-4-13(2,3)12(15)18-9-7-5-6-8(16-7)10(9)17-11(6)14;;;/h16-20H,4-15H2,1-3H3;15-16H,7-14H2,1-6H3;10-12H,4-9H2,1-3H3;11-12,18H,4-10H2,1-3H3;5-10,16H,4H2,1-3H3;6-10,12,15H,4-5H2,1-3H3;3*1H4. The van der Waals surface area contributed by atoms with Crippen molar-refractivity contribution < 1.29 is 120 Å². The summed E-state index contributed by atoms with van der Waals surface area (Å²) in [5.74, 6) is 1.37. The summed E-state index contributed by atoms with van der Waals surface area (Å²) in [6.45, 7) is 43.1. The average Bonchev–Trinajstić information content (AvgIpc) is 1.11. The maximum atomic E-state index is 13.0. The average molecular weight is 1880 g/mol. The first kappa shape index (κ1) is 109. The number of ether oxygens (including phenoxy) is 15. The molecule has 12 aliphatic carbocycles. The van der Waals surface area contributed by atoms with Gasteiger partial charge in [-0.25, -0.2) is 4.79 Å². The van der Waals surface area contributed by atoms with Crippen LogP contribution in [0.4, 0.5) is 4.79 Å². The van der Waals surface area contributed by atoms with Crippen LogP contribution in [0.15, 0.2) is 36.4 Å². The number of esters is 6. The summed E-state index contributed by atoms with van der Waals surface area (Å²) in [7, 11) is 0. The lowest BCUT2D eigenvalue weighted by Crippen LogP contribution is -2.61. The molecule has 2 aromatic carbocycles. The molecule has 7 saturated heterocycles. The number of hydrogen-bond donors (Lipinski definition) is 3. The fourth-order valence-electron chi connectivity index (χ4n) is 24.9. The molecular weight excluding hydrogens is 1710 g/mol. The zero-order valence-corrected chi connectivity index (χ0v) is 83.1. The summed E-state index contributed by atoms with van der Waals surface area (Å²) in [5, 5.41) is 32.5. The number of aromatic hydroxyl groups is 1. The van der Waals surface area contributed by atoms with E-state index in [2.05, 4.69) is 39.0 Å². The van der Waals surface area contributed by atoms with E-state index in [-0.39, 0.29) is 133 Å². The fourth-order valence-corrected chi connectivity index (χ4v) is 24.9. The highest BCUT2D eigenvalue weighted by Gasteiger charge is 2.68. The Bertz CT molecular complexity index is 4360. The lowest BCUT2D eigenvalue weighted by Gasteiger charge is -2.61. The predicted octanol–water partition coefficient (Wildman–Crippen LogP) is 22.2. The molecule has 0 radical (unpaired) electrons. The number of phenolic OH excluding ortho intramolecular Hbond substituents is 1. The molecule has 7 aliphatic heterocycles. The third-order valence-corrected chi connectivity index (χ3v) is 34.6. The Morgan fingerprint density at radius 2 is 1.05 bits per heavy atom. The minimum Gasteiger partial charge on any atom is -0.508 e. The van der Waals surface area contributed by atoms with Gasteiger partial charge in [0, 0.05) is 42.9 Å². The minimum atomic E-state index is -0.867. The van der Waals surface area contributed by atoms with Crippen molar-refractivity contribution in [2.24, 2.45) is 79.3 Å². The van der Waals surface area contributed by atoms with E-state index in [4.69, 9.17) is 71.1 Å². The van der Waals surface area contributed by atoms with E-state index in [0.717, 1.165) is 172 Å². The fraction of sp³-hybridized carbons (Fsp3) is 0.844. The van der Waals surface area contributed by atoms with Gasteiger partial charge in [0.25, 0.3) is 0 Å². The highest BCUT2D eigenvalue weighted by atomic mass is 16.9. The van der Waals surface area contributed by atoms with Gasteiger partial charge in [-0.1, -0.05) is 129 Å². The van der Waals surface area contributed by atoms with Gasteiger partial charge in [0.2, 0.25) is 0 Å². The van der Waals surface area contributed by atoms with Gasteiger partial charge >= 0.3 is 42.0 Å². The van der Waals surface area contributed by atoms with Crippen LogP contribution in [0.1, 0.15) is 385 Å². The Morgan fingerprint density at radius 1 is 0.515 bits per heavy atom. The van der Waals surface area contributed by atoms with Crippen molar-refractivity contribution in [3.05, 3.63) is 42.0 Å². The van der Waals surface area contributed by atoms with E-state index in [1.165, 1.54) is 36.6 Å². The van der Waals surface area contributed by atoms with Crippen molar-refractivity contribution in [2.75, 3.05) is 19.8 Å². The number of cyclic esters (lactones) is 1. The molecule has 21 rings (SSSR count). The normalized spacial score (nSPS) is 35.5. The maximum Gasteiger partial charge on any atom is 0.508 e. The van der Waals surface area contributed by atoms with E-state index in [0.29, 0.717) is 80.3 Å². The molecule has 19 unspecified atom stereocenters. The maximum absolute atomic E-state index is 13.0. The van der Waals surface area contributed by atoms with Crippen LogP contribution in [-0.4, -0.2) is 179 Å². The van der Waals surface area contributed by atoms with Gasteiger partial charge < -0.3 is 86.4 Å². The molecule has 3 spiro atoms. The number of aliphatic hydroxyl groups is 2. The summed E-state index contributed by atoms with van der Waals surface area (Å²) >= 11 is 0. The van der Waals surface area contributed by atoms with Crippen LogP contribution >= 0.6 is 0 Å². The number of hydrogen-bond acceptors (Lipinski definition) is 25. The van der Waals surface area contributed by atoms with Crippen LogP contribution in [-0.2, 0) is 105 Å². The van der Waals surface area contributed by atoms with Crippen LogP contribution in [0.25, 0.3) is 10.8 Å². The smallest absolute Gasteiger partial charge is 0.508 e. The lowest BCUT2D eigenvalue weighted by molar-refractivity contribution is -0.262. The molecule has 7 heterocycles. The molecule has 12 bridgehead atoms. The number of benzene rings is 2. The Hall–Kier alpha value is -5.77. The highest BCUT2D eigenvalue weighted by Crippen LogP contribution is 2.65. The van der Waals surface area contributed by atoms with Gasteiger partial charge in [-0.15, -0.1) is 0 Å². The molecule has 25 nitrogen and oxygen atoms in total. The van der Waals surface area contributed by atoms with Crippen LogP contribution < -0.4 is 0 Å². The molecule has 0 amide bonds. The first-order valence-electron chi connectivity index (χ1n) is 50.7. The SMILES string of the molecule is C.C.C.CCC(C)(C)C(=O)OC12CC3CC(CC(COC(=O)OC(C)(C)C)(C3)C1)C2.CCC(C)(C)C(=O)OC12CC3CC(CC(O)(C3)C1)C2.CCC(C)(C)C(=O)OC1C(C2COC3(CCCCC3)O2)OC2OC3(CCCCC3)OC21.CCC(C)(C)C(=O)OC1CC2CC1CC21CCOC1=O.CCC(C)(C)C(O)OC1C2CC3C(=O)OC1C3O2.CCC(C)(C)c1ccc2cc(O)ccc2c1. The molecule has 0 aromatic heterocycles. The number of rotatable bonds is 21. The van der Waals surface area contributed by atoms with Gasteiger partial charge in [0.05, 0.1) is 57.9 Å². The molecule has 134 heavy (non-hydrogen) atoms. The van der Waals surface area contributed by atoms with Gasteiger partial charge in [-0.2, -0.15) is 0 Å². The second kappa shape index (κ2) is 41.0. The molecule has 19 atom stereocenters. The Morgan fingerprint density at radius 3 is 1.57 bits per heavy atom. The molecule has 19 fully saturated rings. The van der Waals surface area contributed by atoms with E-state index >= 15 is 0 Å². The molecule has 2 aromatic rings. The van der Waals surface area contributed by atoms with E-state index in [9.17, 15) is 48.9 Å². The third-order valence-electron chi connectivity index (χ3n) is 34.6. The van der Waals surface area contributed by atoms with Crippen molar-refractivity contribution in [3.63, 3.8) is 0 Å². The second-order valence-electron chi connectivity index (χ2n) is 48.2. The second-order valence-corrected chi connectivity index (χ2v) is 48.2.